The average molecular weight is 383 g/mol. The van der Waals surface area contributed by atoms with Crippen LogP contribution in [0.2, 0.25) is 0 Å². The molecule has 0 heterocycles. The third-order valence-electron chi connectivity index (χ3n) is 4.78. The van der Waals surface area contributed by atoms with Crippen LogP contribution in [0.5, 0.6) is 0 Å². The zero-order chi connectivity index (χ0) is 16.4. The molecule has 0 nitrogen and oxygen atoms in total. The van der Waals surface area contributed by atoms with Gasteiger partial charge in [-0.3, -0.25) is 0 Å². The molecule has 0 saturated carbocycles. The van der Waals surface area contributed by atoms with Crippen molar-refractivity contribution < 1.29 is 0 Å². The molecule has 3 aromatic rings. The first-order valence-electron chi connectivity index (χ1n) is 7.92. The van der Waals surface area contributed by atoms with Crippen LogP contribution in [0, 0.1) is 13.8 Å². The van der Waals surface area contributed by atoms with Crippen molar-refractivity contribution in [3.05, 3.63) is 88.4 Å². The third kappa shape index (κ3) is 2.91. The maximum atomic E-state index is 3.81. The summed E-state index contributed by atoms with van der Waals surface area (Å²) in [5.41, 5.74) is 2.75. The van der Waals surface area contributed by atoms with E-state index in [0.717, 1.165) is 0 Å². The van der Waals surface area contributed by atoms with Crippen molar-refractivity contribution in [2.24, 2.45) is 0 Å². The first kappa shape index (κ1) is 16.5. The summed E-state index contributed by atoms with van der Waals surface area (Å²) in [6.07, 6.45) is 0. The summed E-state index contributed by atoms with van der Waals surface area (Å²) in [4.78, 5) is 0. The molecular weight excluding hydrogens is 362 g/mol. The molecule has 0 bridgehead atoms. The van der Waals surface area contributed by atoms with E-state index in [4.69, 9.17) is 0 Å². The van der Waals surface area contributed by atoms with Crippen molar-refractivity contribution in [1.29, 1.82) is 0 Å². The first-order valence-corrected chi connectivity index (χ1v) is 11.2. The van der Waals surface area contributed by atoms with Crippen LogP contribution in [-0.2, 0) is 0 Å². The number of aryl methyl sites for hydroxylation is 2. The van der Waals surface area contributed by atoms with Crippen LogP contribution in [0.3, 0.4) is 0 Å². The van der Waals surface area contributed by atoms with Gasteiger partial charge >= 0.3 is 149 Å². The topological polar surface area (TPSA) is 0 Å². The van der Waals surface area contributed by atoms with E-state index in [0.29, 0.717) is 0 Å². The Bertz CT molecular complexity index is 733. The molecule has 0 unspecified atom stereocenters. The van der Waals surface area contributed by atoms with Crippen molar-refractivity contribution in [2.75, 3.05) is 0 Å². The minimum absolute atomic E-state index is 1.21. The van der Waals surface area contributed by atoms with E-state index in [9.17, 15) is 0 Å². The van der Waals surface area contributed by atoms with Gasteiger partial charge in [0.15, 0.2) is 0 Å². The van der Waals surface area contributed by atoms with E-state index < -0.39 is 7.14 Å². The molecule has 0 radical (unpaired) electrons. The second kappa shape index (κ2) is 6.63. The Morgan fingerprint density at radius 1 is 0.652 bits per heavy atom. The second-order valence-electron chi connectivity index (χ2n) is 6.23. The molecule has 0 N–H and O–H groups in total. The van der Waals surface area contributed by atoms with Gasteiger partial charge in [0, 0.05) is 0 Å². The van der Waals surface area contributed by atoms with E-state index in [1.165, 1.54) is 31.5 Å². The number of halogens is 1. The van der Waals surface area contributed by atoms with Crippen molar-refractivity contribution in [2.45, 2.75) is 13.8 Å². The summed E-state index contributed by atoms with van der Waals surface area (Å²) in [7, 11) is 0.412. The molecule has 3 aromatic carbocycles. The molecule has 0 saturated heterocycles. The zero-order valence-corrected chi connectivity index (χ0v) is 16.4. The van der Waals surface area contributed by atoms with E-state index in [1.807, 2.05) is 0 Å². The number of rotatable bonds is 3. The Kier molecular flexibility index (Phi) is 4.76. The molecule has 0 aliphatic carbocycles. The Morgan fingerprint density at radius 2 is 1.04 bits per heavy atom. The monoisotopic (exact) mass is 382 g/mol. The van der Waals surface area contributed by atoms with Gasteiger partial charge in [-0.2, -0.15) is 0 Å². The summed E-state index contributed by atoms with van der Waals surface area (Å²) in [5.74, 6) is 0. The molecule has 0 spiro atoms. The van der Waals surface area contributed by atoms with Crippen LogP contribution in [0.25, 0.3) is 0 Å². The standard InChI is InChI=1S/C20H21BBrP/c1-15-9-3-6-12-18(15)23(21,19-13-7-4-10-16(19)2)20-14-8-5-11-17(20)22/h3-14,23H,21H2,1-2H3. The molecule has 3 heteroatoms. The van der Waals surface area contributed by atoms with Crippen molar-refractivity contribution >= 4 is 46.6 Å². The molecule has 23 heavy (non-hydrogen) atoms. The fraction of sp³-hybridized carbons (Fsp3) is 0.100. The molecule has 0 fully saturated rings. The quantitative estimate of drug-likeness (QED) is 0.479. The molecule has 3 rings (SSSR count). The fourth-order valence-corrected chi connectivity index (χ4v) is 9.51. The van der Waals surface area contributed by atoms with Gasteiger partial charge < -0.3 is 0 Å². The van der Waals surface area contributed by atoms with E-state index in [-0.39, 0.29) is 0 Å². The molecule has 0 aliphatic heterocycles. The van der Waals surface area contributed by atoms with Crippen molar-refractivity contribution in [1.82, 2.24) is 0 Å². The van der Waals surface area contributed by atoms with Gasteiger partial charge in [-0.05, 0) is 0 Å². The van der Waals surface area contributed by atoms with E-state index in [1.54, 1.807) is 0 Å². The van der Waals surface area contributed by atoms with Crippen LogP contribution in [0.4, 0.5) is 0 Å². The minimum atomic E-state index is -2.06. The Hall–Kier alpha value is -1.37. The van der Waals surface area contributed by atoms with Gasteiger partial charge in [0.25, 0.3) is 0 Å². The zero-order valence-electron chi connectivity index (χ0n) is 13.8. The van der Waals surface area contributed by atoms with Gasteiger partial charge in [0.05, 0.1) is 0 Å². The van der Waals surface area contributed by atoms with Gasteiger partial charge in [0.1, 0.15) is 0 Å². The van der Waals surface area contributed by atoms with Crippen LogP contribution in [0.15, 0.2) is 77.3 Å². The van der Waals surface area contributed by atoms with Crippen LogP contribution in [0.1, 0.15) is 11.1 Å². The number of benzene rings is 3. The molecule has 0 aliphatic rings. The van der Waals surface area contributed by atoms with Crippen molar-refractivity contribution in [3.8, 4) is 0 Å². The normalized spacial score (nSPS) is 12.1. The molecular formula is C20H21BBrP. The molecule has 0 amide bonds. The fourth-order valence-electron chi connectivity index (χ4n) is 3.57. The van der Waals surface area contributed by atoms with Gasteiger partial charge in [-0.25, -0.2) is 0 Å². The van der Waals surface area contributed by atoms with Crippen LogP contribution < -0.4 is 15.9 Å². The summed E-state index contributed by atoms with van der Waals surface area (Å²) in [6, 6.07) is 26.4. The summed E-state index contributed by atoms with van der Waals surface area (Å²) >= 11 is 3.81. The first-order chi connectivity index (χ1) is 11.0. The van der Waals surface area contributed by atoms with Crippen LogP contribution in [-0.4, -0.2) is 7.57 Å². The molecule has 0 atom stereocenters. The van der Waals surface area contributed by atoms with Crippen molar-refractivity contribution in [3.63, 3.8) is 0 Å². The summed E-state index contributed by atoms with van der Waals surface area (Å²) in [6.45, 7) is 4.46. The third-order valence-corrected chi connectivity index (χ3v) is 10.6. The predicted molar refractivity (Wildman–Crippen MR) is 112 cm³/mol. The second-order valence-corrected chi connectivity index (χ2v) is 11.0. The number of hydrogen-bond donors (Lipinski definition) is 0. The van der Waals surface area contributed by atoms with Crippen LogP contribution >= 0.6 is 23.1 Å². The number of hydrogen-bond acceptors (Lipinski definition) is 0. The average Bonchev–Trinajstić information content (AvgIpc) is 2.55. The Morgan fingerprint density at radius 3 is 1.48 bits per heavy atom. The van der Waals surface area contributed by atoms with E-state index >= 15 is 0 Å². The molecule has 116 valence electrons. The SMILES string of the molecule is B[PH](c1ccccc1C)(c1ccccc1C)c1ccccc1Br. The van der Waals surface area contributed by atoms with Gasteiger partial charge in [-0.1, -0.05) is 0 Å². The van der Waals surface area contributed by atoms with Gasteiger partial charge in [0.2, 0.25) is 0 Å². The summed E-state index contributed by atoms with van der Waals surface area (Å²) < 4.78 is 1.21. The Balaban J connectivity index is 2.38. The summed E-state index contributed by atoms with van der Waals surface area (Å²) in [5, 5.41) is 4.41. The molecule has 0 aromatic heterocycles. The van der Waals surface area contributed by atoms with E-state index in [2.05, 4.69) is 110 Å². The maximum absolute atomic E-state index is 3.81. The van der Waals surface area contributed by atoms with Gasteiger partial charge in [-0.15, -0.1) is 0 Å². The Labute approximate surface area is 148 Å². The predicted octanol–water partition coefficient (Wildman–Crippen LogP) is 3.64.